The van der Waals surface area contributed by atoms with Gasteiger partial charge in [-0.05, 0) is 61.7 Å². The minimum absolute atomic E-state index is 0.0733. The van der Waals surface area contributed by atoms with Crippen LogP contribution in [-0.2, 0) is 16.9 Å². The molecule has 4 rings (SSSR count). The van der Waals surface area contributed by atoms with Gasteiger partial charge in [0.25, 0.3) is 5.91 Å². The number of amides is 3. The predicted molar refractivity (Wildman–Crippen MR) is 115 cm³/mol. The van der Waals surface area contributed by atoms with Crippen molar-refractivity contribution in [1.29, 1.82) is 0 Å². The number of urea groups is 1. The van der Waals surface area contributed by atoms with E-state index in [1.165, 1.54) is 12.1 Å². The van der Waals surface area contributed by atoms with Crippen molar-refractivity contribution < 1.29 is 14.0 Å². The Kier molecular flexibility index (Phi) is 4.87. The largest absolute Gasteiger partial charge is 0.423 e. The molecule has 0 radical (unpaired) electrons. The van der Waals surface area contributed by atoms with Gasteiger partial charge in [-0.15, -0.1) is 0 Å². The standard InChI is InChI=1S/C22H18Cl2N2O4/c1-11-6-15-13(8-19(27)30-18(15)7-12(11)2)10-26-20(28)22(3,25-21(26)29)16-5-4-14(23)9-17(16)24/h4-9H,10H2,1-3H3,(H,25,29)/t22-/m0/s1. The molecular weight excluding hydrogens is 427 g/mol. The van der Waals surface area contributed by atoms with Gasteiger partial charge >= 0.3 is 11.7 Å². The maximum Gasteiger partial charge on any atom is 0.336 e. The van der Waals surface area contributed by atoms with Gasteiger partial charge in [0.2, 0.25) is 0 Å². The lowest BCUT2D eigenvalue weighted by Crippen LogP contribution is -2.41. The number of imide groups is 1. The summed E-state index contributed by atoms with van der Waals surface area (Å²) in [5.41, 5.74) is 1.47. The van der Waals surface area contributed by atoms with E-state index in [2.05, 4.69) is 5.32 Å². The van der Waals surface area contributed by atoms with Gasteiger partial charge in [-0.1, -0.05) is 29.3 Å². The average molecular weight is 445 g/mol. The molecule has 1 aromatic heterocycles. The fourth-order valence-corrected chi connectivity index (χ4v) is 4.30. The summed E-state index contributed by atoms with van der Waals surface area (Å²) in [7, 11) is 0. The van der Waals surface area contributed by atoms with Crippen LogP contribution < -0.4 is 10.9 Å². The minimum Gasteiger partial charge on any atom is -0.423 e. The van der Waals surface area contributed by atoms with Crippen LogP contribution in [0.3, 0.4) is 0 Å². The molecular formula is C22H18Cl2N2O4. The first-order valence-electron chi connectivity index (χ1n) is 9.24. The number of nitrogens with zero attached hydrogens (tertiary/aromatic N) is 1. The molecule has 154 valence electrons. The van der Waals surface area contributed by atoms with E-state index in [4.69, 9.17) is 27.6 Å². The van der Waals surface area contributed by atoms with E-state index < -0.39 is 23.1 Å². The summed E-state index contributed by atoms with van der Waals surface area (Å²) >= 11 is 12.2. The van der Waals surface area contributed by atoms with Crippen LogP contribution in [0.1, 0.15) is 29.2 Å². The zero-order valence-electron chi connectivity index (χ0n) is 16.5. The number of carbonyl (C=O) groups is 2. The first-order valence-corrected chi connectivity index (χ1v) is 9.99. The van der Waals surface area contributed by atoms with Crippen LogP contribution >= 0.6 is 23.2 Å². The van der Waals surface area contributed by atoms with E-state index in [1.54, 1.807) is 25.1 Å². The van der Waals surface area contributed by atoms with Gasteiger partial charge < -0.3 is 9.73 Å². The molecule has 1 atom stereocenters. The summed E-state index contributed by atoms with van der Waals surface area (Å²) in [6.45, 7) is 5.38. The van der Waals surface area contributed by atoms with Crippen molar-refractivity contribution in [3.05, 3.63) is 79.1 Å². The number of halogens is 2. The zero-order valence-corrected chi connectivity index (χ0v) is 18.0. The van der Waals surface area contributed by atoms with Crippen LogP contribution in [0.4, 0.5) is 4.79 Å². The first kappa shape index (κ1) is 20.4. The Morgan fingerprint density at radius 2 is 1.73 bits per heavy atom. The molecule has 2 aromatic carbocycles. The molecule has 3 aromatic rings. The van der Waals surface area contributed by atoms with E-state index in [9.17, 15) is 14.4 Å². The van der Waals surface area contributed by atoms with Crippen molar-refractivity contribution in [2.75, 3.05) is 0 Å². The molecule has 3 amide bonds. The molecule has 0 saturated carbocycles. The molecule has 8 heteroatoms. The van der Waals surface area contributed by atoms with Gasteiger partial charge in [0, 0.05) is 27.1 Å². The average Bonchev–Trinajstić information content (AvgIpc) is 2.87. The monoisotopic (exact) mass is 444 g/mol. The first-order chi connectivity index (χ1) is 14.1. The highest BCUT2D eigenvalue weighted by atomic mass is 35.5. The van der Waals surface area contributed by atoms with E-state index in [0.717, 1.165) is 16.0 Å². The number of hydrogen-bond acceptors (Lipinski definition) is 4. The third-order valence-electron chi connectivity index (χ3n) is 5.52. The quantitative estimate of drug-likeness (QED) is 0.469. The number of hydrogen-bond donors (Lipinski definition) is 1. The smallest absolute Gasteiger partial charge is 0.336 e. The van der Waals surface area contributed by atoms with Gasteiger partial charge in [0.05, 0.1) is 6.54 Å². The van der Waals surface area contributed by atoms with Crippen LogP contribution in [0.15, 0.2) is 45.6 Å². The third kappa shape index (κ3) is 3.26. The van der Waals surface area contributed by atoms with E-state index >= 15 is 0 Å². The lowest BCUT2D eigenvalue weighted by atomic mass is 9.92. The molecule has 1 N–H and O–H groups in total. The number of benzene rings is 2. The van der Waals surface area contributed by atoms with Crippen molar-refractivity contribution in [3.8, 4) is 0 Å². The Balaban J connectivity index is 1.76. The summed E-state index contributed by atoms with van der Waals surface area (Å²) in [6.07, 6.45) is 0. The highest BCUT2D eigenvalue weighted by Gasteiger charge is 2.50. The lowest BCUT2D eigenvalue weighted by molar-refractivity contribution is -0.131. The Morgan fingerprint density at radius 3 is 2.43 bits per heavy atom. The third-order valence-corrected chi connectivity index (χ3v) is 6.07. The van der Waals surface area contributed by atoms with Gasteiger partial charge in [-0.25, -0.2) is 9.59 Å². The van der Waals surface area contributed by atoms with Crippen LogP contribution in [0.5, 0.6) is 0 Å². The van der Waals surface area contributed by atoms with E-state index in [-0.39, 0.29) is 11.6 Å². The van der Waals surface area contributed by atoms with Crippen molar-refractivity contribution >= 4 is 46.1 Å². The fourth-order valence-electron chi connectivity index (χ4n) is 3.70. The Labute approximate surface area is 182 Å². The maximum absolute atomic E-state index is 13.3. The second-order valence-corrected chi connectivity index (χ2v) is 8.44. The van der Waals surface area contributed by atoms with Gasteiger partial charge in [0.15, 0.2) is 0 Å². The topological polar surface area (TPSA) is 79.6 Å². The summed E-state index contributed by atoms with van der Waals surface area (Å²) in [5.74, 6) is -0.470. The fraction of sp³-hybridized carbons (Fsp3) is 0.227. The SMILES string of the molecule is Cc1cc2oc(=O)cc(CN3C(=O)N[C@@](C)(c4ccc(Cl)cc4Cl)C3=O)c2cc1C. The summed E-state index contributed by atoms with van der Waals surface area (Å²) < 4.78 is 5.30. The molecule has 0 unspecified atom stereocenters. The van der Waals surface area contributed by atoms with Crippen molar-refractivity contribution in [3.63, 3.8) is 0 Å². The number of nitrogens with one attached hydrogen (secondary N) is 1. The molecule has 0 spiro atoms. The highest BCUT2D eigenvalue weighted by Crippen LogP contribution is 2.36. The van der Waals surface area contributed by atoms with Gasteiger partial charge in [-0.3, -0.25) is 9.69 Å². The van der Waals surface area contributed by atoms with Crippen molar-refractivity contribution in [2.45, 2.75) is 32.9 Å². The molecule has 0 aliphatic carbocycles. The van der Waals surface area contributed by atoms with Crippen molar-refractivity contribution in [1.82, 2.24) is 10.2 Å². The maximum atomic E-state index is 13.3. The Hall–Kier alpha value is -2.83. The van der Waals surface area contributed by atoms with E-state index in [1.807, 2.05) is 19.9 Å². The molecule has 0 bridgehead atoms. The summed E-state index contributed by atoms with van der Waals surface area (Å²) in [4.78, 5) is 39.1. The zero-order chi connectivity index (χ0) is 21.8. The molecule has 1 aliphatic heterocycles. The van der Waals surface area contributed by atoms with Crippen molar-refractivity contribution in [2.24, 2.45) is 0 Å². The second-order valence-electron chi connectivity index (χ2n) is 7.59. The predicted octanol–water partition coefficient (Wildman–Crippen LogP) is 4.68. The second kappa shape index (κ2) is 7.15. The van der Waals surface area contributed by atoms with Gasteiger partial charge in [0.1, 0.15) is 11.1 Å². The normalized spacial score (nSPS) is 18.9. The molecule has 2 heterocycles. The van der Waals surface area contributed by atoms with Crippen LogP contribution in [0, 0.1) is 13.8 Å². The number of fused-ring (bicyclic) bond motifs is 1. The molecule has 1 aliphatic rings. The highest BCUT2D eigenvalue weighted by molar-refractivity contribution is 6.35. The molecule has 30 heavy (non-hydrogen) atoms. The van der Waals surface area contributed by atoms with Crippen LogP contribution in [0.25, 0.3) is 11.0 Å². The Morgan fingerprint density at radius 1 is 1.03 bits per heavy atom. The lowest BCUT2D eigenvalue weighted by Gasteiger charge is -2.23. The molecule has 1 fully saturated rings. The number of aryl methyl sites for hydroxylation is 2. The van der Waals surface area contributed by atoms with Gasteiger partial charge in [-0.2, -0.15) is 0 Å². The van der Waals surface area contributed by atoms with Crippen LogP contribution in [0.2, 0.25) is 10.0 Å². The minimum atomic E-state index is -1.35. The van der Waals surface area contributed by atoms with Crippen LogP contribution in [-0.4, -0.2) is 16.8 Å². The summed E-state index contributed by atoms with van der Waals surface area (Å²) in [6, 6.07) is 9.14. The molecule has 6 nitrogen and oxygen atoms in total. The summed E-state index contributed by atoms with van der Waals surface area (Å²) in [5, 5.41) is 4.10. The number of carbonyl (C=O) groups excluding carboxylic acids is 2. The molecule has 1 saturated heterocycles. The van der Waals surface area contributed by atoms with E-state index in [0.29, 0.717) is 27.1 Å². The Bertz CT molecular complexity index is 1280. The number of rotatable bonds is 3.